The van der Waals surface area contributed by atoms with Gasteiger partial charge in [-0.2, -0.15) is 0 Å². The van der Waals surface area contributed by atoms with Crippen LogP contribution in [-0.4, -0.2) is 37.2 Å². The van der Waals surface area contributed by atoms with E-state index in [1.165, 1.54) is 64.2 Å². The normalized spacial score (nSPS) is 13.0. The molecular weight excluding hydrogens is 781 g/mol. The molecule has 0 fully saturated rings. The van der Waals surface area contributed by atoms with Crippen LogP contribution in [0, 0.1) is 0 Å². The van der Waals surface area contributed by atoms with Gasteiger partial charge in [0, 0.05) is 19.3 Å². The van der Waals surface area contributed by atoms with Crippen molar-refractivity contribution in [2.24, 2.45) is 0 Å². The van der Waals surface area contributed by atoms with Crippen LogP contribution in [0.5, 0.6) is 0 Å². The van der Waals surface area contributed by atoms with Gasteiger partial charge in [-0.15, -0.1) is 0 Å². The molecule has 0 amide bonds. The fourth-order valence-corrected chi connectivity index (χ4v) is 6.63. The fraction of sp³-hybridized carbons (Fsp3) is 0.632. The summed E-state index contributed by atoms with van der Waals surface area (Å²) in [6.45, 7) is 6.31. The SMILES string of the molecule is CC\C=C/C=C\C=C/C=C\C=C/CCCCCC(=O)OC(COC(=O)CCCCCCCC/C=C\C/C=C\C/C=C\C/C=C\CC)COC(=O)CCCCCCCCCCCCC. The zero-order valence-electron chi connectivity index (χ0n) is 40.5. The molecule has 0 heterocycles. The molecular formula is C57H92O6. The molecule has 0 aliphatic heterocycles. The molecule has 1 unspecified atom stereocenters. The molecule has 6 nitrogen and oxygen atoms in total. The maximum absolute atomic E-state index is 12.8. The van der Waals surface area contributed by atoms with Crippen molar-refractivity contribution in [2.75, 3.05) is 13.2 Å². The van der Waals surface area contributed by atoms with Crippen LogP contribution in [0.2, 0.25) is 0 Å². The molecule has 63 heavy (non-hydrogen) atoms. The predicted octanol–water partition coefficient (Wildman–Crippen LogP) is 16.8. The second kappa shape index (κ2) is 50.7. The quantitative estimate of drug-likeness (QED) is 0.0199. The van der Waals surface area contributed by atoms with Gasteiger partial charge in [0.05, 0.1) is 0 Å². The van der Waals surface area contributed by atoms with Gasteiger partial charge in [-0.25, -0.2) is 0 Å². The topological polar surface area (TPSA) is 78.9 Å². The zero-order chi connectivity index (χ0) is 45.8. The molecule has 0 aromatic rings. The van der Waals surface area contributed by atoms with Crippen molar-refractivity contribution in [3.63, 3.8) is 0 Å². The maximum Gasteiger partial charge on any atom is 0.306 e. The van der Waals surface area contributed by atoms with Gasteiger partial charge < -0.3 is 14.2 Å². The molecule has 6 heteroatoms. The van der Waals surface area contributed by atoms with Gasteiger partial charge in [0.2, 0.25) is 0 Å². The summed E-state index contributed by atoms with van der Waals surface area (Å²) in [5, 5.41) is 0. The van der Waals surface area contributed by atoms with Crippen molar-refractivity contribution >= 4 is 17.9 Å². The van der Waals surface area contributed by atoms with Crippen molar-refractivity contribution in [3.8, 4) is 0 Å². The molecule has 0 spiro atoms. The maximum atomic E-state index is 12.8. The van der Waals surface area contributed by atoms with Crippen molar-refractivity contribution in [2.45, 2.75) is 219 Å². The minimum Gasteiger partial charge on any atom is -0.462 e. The van der Waals surface area contributed by atoms with Crippen molar-refractivity contribution in [3.05, 3.63) is 109 Å². The molecule has 0 N–H and O–H groups in total. The molecule has 0 bridgehead atoms. The molecule has 0 aliphatic carbocycles. The number of unbranched alkanes of at least 4 members (excludes halogenated alkanes) is 19. The minimum absolute atomic E-state index is 0.101. The molecule has 0 saturated carbocycles. The third kappa shape index (κ3) is 49.0. The van der Waals surface area contributed by atoms with Gasteiger partial charge in [0.25, 0.3) is 0 Å². The fourth-order valence-electron chi connectivity index (χ4n) is 6.63. The van der Waals surface area contributed by atoms with Gasteiger partial charge >= 0.3 is 17.9 Å². The summed E-state index contributed by atoms with van der Waals surface area (Å²) in [7, 11) is 0. The highest BCUT2D eigenvalue weighted by atomic mass is 16.6. The van der Waals surface area contributed by atoms with E-state index in [4.69, 9.17) is 14.2 Å². The lowest BCUT2D eigenvalue weighted by atomic mass is 10.1. The Kier molecular flexibility index (Phi) is 47.5. The molecule has 0 aromatic carbocycles. The van der Waals surface area contributed by atoms with E-state index in [1.807, 2.05) is 48.6 Å². The van der Waals surface area contributed by atoms with Crippen LogP contribution in [0.4, 0.5) is 0 Å². The van der Waals surface area contributed by atoms with E-state index in [0.29, 0.717) is 19.3 Å². The second-order valence-electron chi connectivity index (χ2n) is 16.4. The smallest absolute Gasteiger partial charge is 0.306 e. The molecule has 0 rings (SSSR count). The van der Waals surface area contributed by atoms with E-state index < -0.39 is 6.10 Å². The van der Waals surface area contributed by atoms with Crippen molar-refractivity contribution < 1.29 is 28.6 Å². The Labute approximate surface area is 387 Å². The number of rotatable bonds is 44. The van der Waals surface area contributed by atoms with Gasteiger partial charge in [-0.1, -0.05) is 226 Å². The number of hydrogen-bond donors (Lipinski definition) is 0. The Morgan fingerprint density at radius 1 is 0.349 bits per heavy atom. The van der Waals surface area contributed by atoms with Gasteiger partial charge in [0.15, 0.2) is 6.10 Å². The van der Waals surface area contributed by atoms with Gasteiger partial charge in [-0.05, 0) is 77.0 Å². The summed E-state index contributed by atoms with van der Waals surface area (Å²) in [5.41, 5.74) is 0. The Hall–Kier alpha value is -3.93. The Morgan fingerprint density at radius 3 is 1.17 bits per heavy atom. The first-order chi connectivity index (χ1) is 31.0. The minimum atomic E-state index is -0.806. The number of carbonyl (C=O) groups is 3. The van der Waals surface area contributed by atoms with Crippen LogP contribution in [0.3, 0.4) is 0 Å². The van der Waals surface area contributed by atoms with E-state index in [0.717, 1.165) is 103 Å². The number of hydrogen-bond acceptors (Lipinski definition) is 6. The first-order valence-electron chi connectivity index (χ1n) is 25.5. The van der Waals surface area contributed by atoms with Crippen LogP contribution in [0.25, 0.3) is 0 Å². The Morgan fingerprint density at radius 2 is 0.698 bits per heavy atom. The van der Waals surface area contributed by atoms with Crippen molar-refractivity contribution in [1.82, 2.24) is 0 Å². The van der Waals surface area contributed by atoms with E-state index in [-0.39, 0.29) is 37.5 Å². The molecule has 0 aromatic heterocycles. The lowest BCUT2D eigenvalue weighted by Gasteiger charge is -2.18. The third-order valence-corrected chi connectivity index (χ3v) is 10.4. The zero-order valence-corrected chi connectivity index (χ0v) is 40.5. The molecule has 0 saturated heterocycles. The summed E-state index contributed by atoms with van der Waals surface area (Å²) in [6.07, 6.45) is 67.8. The van der Waals surface area contributed by atoms with Gasteiger partial charge in [-0.3, -0.25) is 14.4 Å². The van der Waals surface area contributed by atoms with E-state index >= 15 is 0 Å². The van der Waals surface area contributed by atoms with Crippen LogP contribution in [-0.2, 0) is 28.6 Å². The molecule has 356 valence electrons. The number of esters is 3. The molecule has 1 atom stereocenters. The third-order valence-electron chi connectivity index (χ3n) is 10.4. The molecule has 0 aliphatic rings. The first kappa shape index (κ1) is 59.1. The lowest BCUT2D eigenvalue weighted by Crippen LogP contribution is -2.30. The summed E-state index contributed by atoms with van der Waals surface area (Å²) < 4.78 is 16.7. The number of carbonyl (C=O) groups excluding carboxylic acids is 3. The van der Waals surface area contributed by atoms with Crippen LogP contribution >= 0.6 is 0 Å². The summed E-state index contributed by atoms with van der Waals surface area (Å²) in [4.78, 5) is 37.9. The number of ether oxygens (including phenoxy) is 3. The Balaban J connectivity index is 4.47. The van der Waals surface area contributed by atoms with Crippen molar-refractivity contribution in [1.29, 1.82) is 0 Å². The second-order valence-corrected chi connectivity index (χ2v) is 16.4. The average molecular weight is 873 g/mol. The van der Waals surface area contributed by atoms with Crippen LogP contribution < -0.4 is 0 Å². The lowest BCUT2D eigenvalue weighted by molar-refractivity contribution is -0.167. The highest BCUT2D eigenvalue weighted by Crippen LogP contribution is 2.14. The van der Waals surface area contributed by atoms with Crippen LogP contribution in [0.1, 0.15) is 213 Å². The summed E-state index contributed by atoms with van der Waals surface area (Å²) in [6, 6.07) is 0. The Bertz CT molecular complexity index is 1330. The first-order valence-corrected chi connectivity index (χ1v) is 25.5. The summed E-state index contributed by atoms with van der Waals surface area (Å²) >= 11 is 0. The number of allylic oxidation sites excluding steroid dienone is 18. The standard InChI is InChI=1S/C57H92O6/c1-4-7-10-13-16-19-22-24-26-27-28-29-31-32-35-38-41-44-47-50-56(59)62-53-54(52-61-55(58)49-46-43-40-37-34-21-18-15-12-9-6-3)63-57(60)51-48-45-42-39-36-33-30-25-23-20-17-14-11-8-5-2/h7-8,10-11,14,16-17,19-20,23-26,28-30,33,36,54H,4-6,9,12-13,15,18,21-22,27,31-32,34-35,37-53H2,1-3H3/b10-7-,11-8-,17-14-,19-16-,23-20-,26-24-,29-28-,30-25-,36-33-. The molecule has 0 radical (unpaired) electrons. The largest absolute Gasteiger partial charge is 0.462 e. The monoisotopic (exact) mass is 873 g/mol. The summed E-state index contributed by atoms with van der Waals surface area (Å²) in [5.74, 6) is -0.963. The average Bonchev–Trinajstić information content (AvgIpc) is 3.28. The highest BCUT2D eigenvalue weighted by molar-refractivity contribution is 5.71. The van der Waals surface area contributed by atoms with E-state index in [2.05, 4.69) is 81.5 Å². The predicted molar refractivity (Wildman–Crippen MR) is 270 cm³/mol. The van der Waals surface area contributed by atoms with Crippen LogP contribution in [0.15, 0.2) is 109 Å². The van der Waals surface area contributed by atoms with E-state index in [1.54, 1.807) is 0 Å². The van der Waals surface area contributed by atoms with Gasteiger partial charge in [0.1, 0.15) is 13.2 Å². The van der Waals surface area contributed by atoms with E-state index in [9.17, 15) is 14.4 Å². The highest BCUT2D eigenvalue weighted by Gasteiger charge is 2.19.